The lowest BCUT2D eigenvalue weighted by molar-refractivity contribution is -0.120. The summed E-state index contributed by atoms with van der Waals surface area (Å²) in [7, 11) is 0. The average Bonchev–Trinajstić information content (AvgIpc) is 4.07. The van der Waals surface area contributed by atoms with Crippen LogP contribution in [0.3, 0.4) is 0 Å². The van der Waals surface area contributed by atoms with E-state index < -0.39 is 5.67 Å². The standard InChI is InChI=1S/C49H56FN9O4/c1-31-25-33(10-12-37(31)34-5-4-19-57(28-34)43-27-41(53-54-46(43)51)38-6-2-3-7-44(38)60)47(62)56-23-17-49(50,18-24-56)30-55-20-14-35(15-21-55)59-29-40(32-8-9-32)39-26-36(11-13-42(39)59)58-22-16-45(61)52-48(58)63/h2-3,6-7,10-13,25-27,29,32,34-35,60H,4-5,8-9,14-24,28,30H2,1H3,(H2,51,54)(H,52,61,63)/t34-/m0/s1. The van der Waals surface area contributed by atoms with Crippen molar-refractivity contribution in [3.05, 3.63) is 95.2 Å². The quantitative estimate of drug-likeness (QED) is 0.136. The Bertz CT molecular complexity index is 2580. The van der Waals surface area contributed by atoms with Gasteiger partial charge in [-0.2, -0.15) is 0 Å². The molecule has 4 amide bonds. The molecule has 6 heterocycles. The summed E-state index contributed by atoms with van der Waals surface area (Å²) >= 11 is 0. The largest absolute Gasteiger partial charge is 0.507 e. The van der Waals surface area contributed by atoms with Gasteiger partial charge in [0.2, 0.25) is 5.91 Å². The van der Waals surface area contributed by atoms with Gasteiger partial charge in [-0.05, 0) is 117 Å². The van der Waals surface area contributed by atoms with Gasteiger partial charge in [0.1, 0.15) is 11.4 Å². The molecule has 10 rings (SSSR count). The Balaban J connectivity index is 0.738. The van der Waals surface area contributed by atoms with Crippen LogP contribution in [0.4, 0.5) is 26.4 Å². The molecule has 0 bridgehead atoms. The minimum atomic E-state index is -1.34. The van der Waals surface area contributed by atoms with Gasteiger partial charge < -0.3 is 30.1 Å². The SMILES string of the molecule is Cc1cc(C(=O)N2CCC(F)(CN3CCC(n4cc(C5CC5)c5cc(N6CCC(=O)NC6=O)ccc54)CC3)CC2)ccc1[C@H]1CCCN(c2cc(-c3ccccc3O)nnc2N)C1. The summed E-state index contributed by atoms with van der Waals surface area (Å²) in [5.74, 6) is 0.978. The number of aromatic nitrogens is 3. The van der Waals surface area contributed by atoms with Crippen LogP contribution in [-0.4, -0.2) is 106 Å². The molecule has 0 radical (unpaired) electrons. The highest BCUT2D eigenvalue weighted by Gasteiger charge is 2.39. The number of carbonyl (C=O) groups excluding carboxylic acids is 3. The minimum absolute atomic E-state index is 0.0453. The van der Waals surface area contributed by atoms with Crippen LogP contribution in [0.1, 0.15) is 103 Å². The van der Waals surface area contributed by atoms with E-state index in [1.54, 1.807) is 17.0 Å². The van der Waals surface area contributed by atoms with Crippen molar-refractivity contribution < 1.29 is 23.9 Å². The average molecular weight is 854 g/mol. The number of benzene rings is 3. The Kier molecular flexibility index (Phi) is 10.8. The van der Waals surface area contributed by atoms with Gasteiger partial charge in [-0.15, -0.1) is 10.2 Å². The molecule has 4 N–H and O–H groups in total. The summed E-state index contributed by atoms with van der Waals surface area (Å²) in [6, 6.07) is 21.1. The van der Waals surface area contributed by atoms with Gasteiger partial charge in [-0.3, -0.25) is 19.8 Å². The first kappa shape index (κ1) is 41.0. The van der Waals surface area contributed by atoms with Crippen LogP contribution in [0.5, 0.6) is 5.75 Å². The molecule has 5 aliphatic rings. The second kappa shape index (κ2) is 16.6. The monoisotopic (exact) mass is 853 g/mol. The highest BCUT2D eigenvalue weighted by Crippen LogP contribution is 2.46. The number of alkyl halides is 1. The molecule has 63 heavy (non-hydrogen) atoms. The van der Waals surface area contributed by atoms with Crippen molar-refractivity contribution >= 4 is 45.9 Å². The van der Waals surface area contributed by atoms with E-state index in [0.29, 0.717) is 80.0 Å². The summed E-state index contributed by atoms with van der Waals surface area (Å²) in [6.45, 7) is 6.81. The number of hydrogen-bond acceptors (Lipinski definition) is 9. The number of imide groups is 1. The summed E-state index contributed by atoms with van der Waals surface area (Å²) in [4.78, 5) is 46.2. The molecule has 0 unspecified atom stereocenters. The van der Waals surface area contributed by atoms with Gasteiger partial charge in [0.15, 0.2) is 5.82 Å². The molecular weight excluding hydrogens is 798 g/mol. The smallest absolute Gasteiger partial charge is 0.328 e. The van der Waals surface area contributed by atoms with E-state index in [1.807, 2.05) is 41.3 Å². The number of nitrogens with two attached hydrogens (primary N) is 1. The number of phenols is 1. The number of likely N-dealkylation sites (tertiary alicyclic amines) is 2. The van der Waals surface area contributed by atoms with Crippen molar-refractivity contribution in [3.63, 3.8) is 0 Å². The van der Waals surface area contributed by atoms with Crippen molar-refractivity contribution in [2.24, 2.45) is 0 Å². The van der Waals surface area contributed by atoms with E-state index in [4.69, 9.17) is 5.73 Å². The number of phenolic OH excluding ortho intramolecular Hbond substituents is 1. The first-order valence-corrected chi connectivity index (χ1v) is 22.7. The highest BCUT2D eigenvalue weighted by molar-refractivity contribution is 6.06. The van der Waals surface area contributed by atoms with Crippen LogP contribution in [0.25, 0.3) is 22.2 Å². The number of amides is 4. The number of aromatic hydroxyl groups is 1. The number of urea groups is 1. The zero-order valence-electron chi connectivity index (χ0n) is 35.9. The lowest BCUT2D eigenvalue weighted by atomic mass is 9.86. The number of rotatable bonds is 9. The summed E-state index contributed by atoms with van der Waals surface area (Å²) in [5, 5.41) is 22.5. The summed E-state index contributed by atoms with van der Waals surface area (Å²) in [5.41, 5.74) is 13.2. The number of fused-ring (bicyclic) bond motifs is 1. The van der Waals surface area contributed by atoms with Gasteiger partial charge in [0.05, 0.1) is 11.4 Å². The van der Waals surface area contributed by atoms with E-state index in [-0.39, 0.29) is 29.5 Å². The molecule has 5 fully saturated rings. The highest BCUT2D eigenvalue weighted by atomic mass is 19.1. The molecule has 1 atom stereocenters. The van der Waals surface area contributed by atoms with E-state index in [0.717, 1.165) is 68.8 Å². The number of aryl methyl sites for hydroxylation is 1. The molecule has 5 aromatic rings. The number of anilines is 3. The molecular formula is C49H56FN9O4. The Hall–Kier alpha value is -6.02. The van der Waals surface area contributed by atoms with Gasteiger partial charge >= 0.3 is 6.03 Å². The number of carbonyl (C=O) groups is 3. The maximum Gasteiger partial charge on any atom is 0.328 e. The zero-order valence-corrected chi connectivity index (χ0v) is 35.9. The first-order valence-electron chi connectivity index (χ1n) is 22.7. The van der Waals surface area contributed by atoms with Gasteiger partial charge in [-0.25, -0.2) is 9.18 Å². The van der Waals surface area contributed by atoms with Gasteiger partial charge in [0, 0.05) is 117 Å². The van der Waals surface area contributed by atoms with E-state index in [9.17, 15) is 19.5 Å². The first-order chi connectivity index (χ1) is 30.5. The van der Waals surface area contributed by atoms with Crippen molar-refractivity contribution in [2.75, 3.05) is 67.9 Å². The third-order valence-corrected chi connectivity index (χ3v) is 14.3. The Morgan fingerprint density at radius 2 is 1.68 bits per heavy atom. The topological polar surface area (TPSA) is 153 Å². The van der Waals surface area contributed by atoms with Crippen molar-refractivity contribution in [3.8, 4) is 17.0 Å². The number of halogens is 1. The predicted molar refractivity (Wildman–Crippen MR) is 242 cm³/mol. The number of nitrogens with one attached hydrogen (secondary N) is 1. The number of nitrogens with zero attached hydrogens (tertiary/aromatic N) is 7. The number of nitrogen functional groups attached to an aromatic ring is 1. The van der Waals surface area contributed by atoms with Crippen molar-refractivity contribution in [2.45, 2.75) is 88.3 Å². The lowest BCUT2D eigenvalue weighted by Crippen LogP contribution is -2.51. The summed E-state index contributed by atoms with van der Waals surface area (Å²) in [6.07, 6.45) is 9.43. The van der Waals surface area contributed by atoms with Crippen molar-refractivity contribution in [1.82, 2.24) is 29.9 Å². The van der Waals surface area contributed by atoms with E-state index >= 15 is 4.39 Å². The molecule has 328 valence electrons. The van der Waals surface area contributed by atoms with Crippen LogP contribution in [0.15, 0.2) is 72.9 Å². The van der Waals surface area contributed by atoms with Crippen LogP contribution < -0.4 is 20.9 Å². The molecule has 0 spiro atoms. The second-order valence-corrected chi connectivity index (χ2v) is 18.5. The molecule has 13 nitrogen and oxygen atoms in total. The minimum Gasteiger partial charge on any atom is -0.507 e. The van der Waals surface area contributed by atoms with Crippen molar-refractivity contribution in [1.29, 1.82) is 0 Å². The Morgan fingerprint density at radius 1 is 0.889 bits per heavy atom. The zero-order chi connectivity index (χ0) is 43.4. The molecule has 1 saturated carbocycles. The second-order valence-electron chi connectivity index (χ2n) is 18.5. The van der Waals surface area contributed by atoms with Gasteiger partial charge in [0.25, 0.3) is 5.91 Å². The molecule has 1 aliphatic carbocycles. The number of para-hydroxylation sites is 1. The fourth-order valence-corrected chi connectivity index (χ4v) is 10.7. The maximum absolute atomic E-state index is 16.5. The normalized spacial score (nSPS) is 21.2. The van der Waals surface area contributed by atoms with Gasteiger partial charge in [-0.1, -0.05) is 18.2 Å². The van der Waals surface area contributed by atoms with Crippen LogP contribution in [0.2, 0.25) is 0 Å². The molecule has 4 saturated heterocycles. The van der Waals surface area contributed by atoms with Crippen LogP contribution in [0, 0.1) is 6.92 Å². The molecule has 14 heteroatoms. The lowest BCUT2D eigenvalue weighted by Gasteiger charge is -2.41. The Morgan fingerprint density at radius 3 is 2.43 bits per heavy atom. The maximum atomic E-state index is 16.5. The van der Waals surface area contributed by atoms with Crippen LogP contribution >= 0.6 is 0 Å². The summed E-state index contributed by atoms with van der Waals surface area (Å²) < 4.78 is 18.9. The molecule has 2 aromatic heterocycles. The number of hydrogen-bond donors (Lipinski definition) is 3. The molecule has 3 aromatic carbocycles. The molecule has 4 aliphatic heterocycles. The number of piperidine rings is 3. The fraction of sp³-hybridized carbons (Fsp3) is 0.449. The third kappa shape index (κ3) is 8.21. The fourth-order valence-electron chi connectivity index (χ4n) is 10.7. The predicted octanol–water partition coefficient (Wildman–Crippen LogP) is 7.68. The van der Waals surface area contributed by atoms with E-state index in [1.165, 1.54) is 34.9 Å². The van der Waals surface area contributed by atoms with Crippen LogP contribution in [-0.2, 0) is 4.79 Å². The third-order valence-electron chi connectivity index (χ3n) is 14.3. The van der Waals surface area contributed by atoms with E-state index in [2.05, 4.69) is 61.2 Å². The Labute approximate surface area is 367 Å².